The van der Waals surface area contributed by atoms with E-state index in [2.05, 4.69) is 9.97 Å². The van der Waals surface area contributed by atoms with Crippen LogP contribution in [0.3, 0.4) is 0 Å². The fraction of sp³-hybridized carbons (Fsp3) is 0.0588. The molecule has 4 heteroatoms. The van der Waals surface area contributed by atoms with Gasteiger partial charge >= 0.3 is 0 Å². The minimum atomic E-state index is 0.432. The Kier molecular flexibility index (Phi) is 2.60. The van der Waals surface area contributed by atoms with E-state index in [1.165, 1.54) is 6.33 Å². The molecule has 0 aliphatic heterocycles. The smallest absolute Gasteiger partial charge is 0.267 e. The van der Waals surface area contributed by atoms with Crippen molar-refractivity contribution in [1.82, 2.24) is 9.97 Å². The van der Waals surface area contributed by atoms with E-state index in [-0.39, 0.29) is 0 Å². The lowest BCUT2D eigenvalue weighted by Gasteiger charge is -2.04. The Morgan fingerprint density at radius 2 is 1.90 bits per heavy atom. The monoisotopic (exact) mass is 276 g/mol. The van der Waals surface area contributed by atoms with Gasteiger partial charge in [-0.15, -0.1) is 0 Å². The van der Waals surface area contributed by atoms with Crippen LogP contribution in [0.2, 0.25) is 0 Å². The minimum absolute atomic E-state index is 0.432. The number of para-hydroxylation sites is 1. The molecule has 4 rings (SSSR count). The quantitative estimate of drug-likeness (QED) is 0.541. The molecular weight excluding hydrogens is 264 g/mol. The number of hydrogen-bond donors (Lipinski definition) is 0. The van der Waals surface area contributed by atoms with Crippen molar-refractivity contribution in [2.45, 2.75) is 6.92 Å². The predicted octanol–water partition coefficient (Wildman–Crippen LogP) is 4.48. The molecular formula is C17H12N2O2. The number of aromatic nitrogens is 2. The van der Waals surface area contributed by atoms with Crippen molar-refractivity contribution >= 4 is 22.1 Å². The van der Waals surface area contributed by atoms with E-state index in [4.69, 9.17) is 9.15 Å². The summed E-state index contributed by atoms with van der Waals surface area (Å²) >= 11 is 0. The first-order valence-corrected chi connectivity index (χ1v) is 6.68. The van der Waals surface area contributed by atoms with Crippen molar-refractivity contribution < 1.29 is 9.15 Å². The van der Waals surface area contributed by atoms with Crippen LogP contribution in [0.5, 0.6) is 11.6 Å². The summed E-state index contributed by atoms with van der Waals surface area (Å²) in [7, 11) is 0. The van der Waals surface area contributed by atoms with Crippen LogP contribution in [-0.4, -0.2) is 9.97 Å². The maximum absolute atomic E-state index is 5.86. The lowest BCUT2D eigenvalue weighted by molar-refractivity contribution is 0.456. The first kappa shape index (κ1) is 11.9. The van der Waals surface area contributed by atoms with Crippen LogP contribution in [0, 0.1) is 6.92 Å². The van der Waals surface area contributed by atoms with Gasteiger partial charge < -0.3 is 9.15 Å². The van der Waals surface area contributed by atoms with Crippen molar-refractivity contribution in [2.75, 3.05) is 0 Å². The molecule has 0 amide bonds. The van der Waals surface area contributed by atoms with Crippen LogP contribution in [0.1, 0.15) is 5.56 Å². The number of aryl methyl sites for hydroxylation is 1. The molecule has 0 fully saturated rings. The number of furan rings is 1. The zero-order chi connectivity index (χ0) is 14.2. The highest BCUT2D eigenvalue weighted by molar-refractivity contribution is 6.03. The molecule has 0 bridgehead atoms. The highest BCUT2D eigenvalue weighted by Gasteiger charge is 2.14. The summed E-state index contributed by atoms with van der Waals surface area (Å²) in [5.74, 6) is 1.16. The highest BCUT2D eigenvalue weighted by atomic mass is 16.5. The Morgan fingerprint density at radius 3 is 2.81 bits per heavy atom. The van der Waals surface area contributed by atoms with Crippen molar-refractivity contribution in [3.63, 3.8) is 0 Å². The SMILES string of the molecule is Cc1cccc(Oc2ncnc3c2oc2ccccc23)c1. The second-order valence-corrected chi connectivity index (χ2v) is 4.87. The third-order valence-electron chi connectivity index (χ3n) is 3.33. The fourth-order valence-corrected chi connectivity index (χ4v) is 2.37. The van der Waals surface area contributed by atoms with Gasteiger partial charge in [0, 0.05) is 5.39 Å². The molecule has 4 nitrogen and oxygen atoms in total. The lowest BCUT2D eigenvalue weighted by atomic mass is 10.2. The van der Waals surface area contributed by atoms with E-state index in [9.17, 15) is 0 Å². The molecule has 0 saturated carbocycles. The standard InChI is InChI=1S/C17H12N2O2/c1-11-5-4-6-12(9-11)20-17-16-15(18-10-19-17)13-7-2-3-8-14(13)21-16/h2-10H,1H3. The van der Waals surface area contributed by atoms with Gasteiger partial charge in [0.15, 0.2) is 0 Å². The van der Waals surface area contributed by atoms with E-state index < -0.39 is 0 Å². The van der Waals surface area contributed by atoms with Crippen LogP contribution in [0.15, 0.2) is 59.3 Å². The summed E-state index contributed by atoms with van der Waals surface area (Å²) in [4.78, 5) is 8.50. The van der Waals surface area contributed by atoms with Crippen LogP contribution >= 0.6 is 0 Å². The van der Waals surface area contributed by atoms with Crippen LogP contribution in [-0.2, 0) is 0 Å². The Bertz CT molecular complexity index is 944. The van der Waals surface area contributed by atoms with Crippen molar-refractivity contribution in [3.8, 4) is 11.6 Å². The van der Waals surface area contributed by atoms with E-state index in [0.29, 0.717) is 11.5 Å². The lowest BCUT2D eigenvalue weighted by Crippen LogP contribution is -1.90. The van der Waals surface area contributed by atoms with Gasteiger partial charge in [0.05, 0.1) is 0 Å². The molecule has 0 N–H and O–H groups in total. The summed E-state index contributed by atoms with van der Waals surface area (Å²) in [5.41, 5.74) is 3.24. The number of ether oxygens (including phenoxy) is 1. The molecule has 0 saturated heterocycles. The largest absolute Gasteiger partial charge is 0.449 e. The highest BCUT2D eigenvalue weighted by Crippen LogP contribution is 2.33. The summed E-state index contributed by atoms with van der Waals surface area (Å²) in [6.07, 6.45) is 1.50. The second-order valence-electron chi connectivity index (χ2n) is 4.87. The Hall–Kier alpha value is -2.88. The van der Waals surface area contributed by atoms with Gasteiger partial charge in [-0.05, 0) is 36.8 Å². The van der Waals surface area contributed by atoms with Crippen LogP contribution in [0.4, 0.5) is 0 Å². The average molecular weight is 276 g/mol. The van der Waals surface area contributed by atoms with Gasteiger partial charge in [0.25, 0.3) is 5.88 Å². The molecule has 2 aromatic carbocycles. The Morgan fingerprint density at radius 1 is 1.00 bits per heavy atom. The van der Waals surface area contributed by atoms with Gasteiger partial charge in [-0.25, -0.2) is 4.98 Å². The van der Waals surface area contributed by atoms with Gasteiger partial charge in [-0.1, -0.05) is 24.3 Å². The molecule has 0 spiro atoms. The van der Waals surface area contributed by atoms with Gasteiger partial charge in [-0.3, -0.25) is 0 Å². The second kappa shape index (κ2) is 4.59. The van der Waals surface area contributed by atoms with Crippen LogP contribution < -0.4 is 4.74 Å². The Labute approximate surface area is 121 Å². The molecule has 4 aromatic rings. The first-order chi connectivity index (χ1) is 10.3. The van der Waals surface area contributed by atoms with Crippen LogP contribution in [0.25, 0.3) is 22.1 Å². The van der Waals surface area contributed by atoms with Crippen molar-refractivity contribution in [2.24, 2.45) is 0 Å². The summed E-state index contributed by atoms with van der Waals surface area (Å²) in [5, 5.41) is 0.962. The number of fused-ring (bicyclic) bond motifs is 3. The third kappa shape index (κ3) is 2.01. The Balaban J connectivity index is 1.89. The molecule has 0 unspecified atom stereocenters. The summed E-state index contributed by atoms with van der Waals surface area (Å²) < 4.78 is 11.7. The molecule has 0 aliphatic carbocycles. The van der Waals surface area contributed by atoms with E-state index in [1.54, 1.807) is 0 Å². The van der Waals surface area contributed by atoms with Gasteiger partial charge in [0.2, 0.25) is 5.58 Å². The number of benzene rings is 2. The van der Waals surface area contributed by atoms with Gasteiger partial charge in [0.1, 0.15) is 23.2 Å². The molecule has 0 atom stereocenters. The van der Waals surface area contributed by atoms with Crippen molar-refractivity contribution in [1.29, 1.82) is 0 Å². The normalized spacial score (nSPS) is 11.1. The fourth-order valence-electron chi connectivity index (χ4n) is 2.37. The molecule has 21 heavy (non-hydrogen) atoms. The zero-order valence-electron chi connectivity index (χ0n) is 11.4. The molecule has 2 aromatic heterocycles. The summed E-state index contributed by atoms with van der Waals surface area (Å²) in [6, 6.07) is 15.6. The summed E-state index contributed by atoms with van der Waals surface area (Å²) in [6.45, 7) is 2.02. The molecule has 2 heterocycles. The maximum Gasteiger partial charge on any atom is 0.267 e. The maximum atomic E-state index is 5.86. The zero-order valence-corrected chi connectivity index (χ0v) is 11.4. The molecule has 0 radical (unpaired) electrons. The predicted molar refractivity (Wildman–Crippen MR) is 80.6 cm³/mol. The number of nitrogens with zero attached hydrogens (tertiary/aromatic N) is 2. The molecule has 102 valence electrons. The van der Waals surface area contributed by atoms with E-state index >= 15 is 0 Å². The topological polar surface area (TPSA) is 48.2 Å². The minimum Gasteiger partial charge on any atom is -0.449 e. The van der Waals surface area contributed by atoms with Crippen molar-refractivity contribution in [3.05, 3.63) is 60.4 Å². The van der Waals surface area contributed by atoms with E-state index in [1.807, 2.05) is 55.5 Å². The third-order valence-corrected chi connectivity index (χ3v) is 3.33. The number of rotatable bonds is 2. The average Bonchev–Trinajstić information content (AvgIpc) is 2.87. The van der Waals surface area contributed by atoms with Gasteiger partial charge in [-0.2, -0.15) is 4.98 Å². The number of hydrogen-bond acceptors (Lipinski definition) is 4. The van der Waals surface area contributed by atoms with E-state index in [0.717, 1.165) is 27.8 Å². The molecule has 0 aliphatic rings. The first-order valence-electron chi connectivity index (χ1n) is 6.68.